The molecule has 0 aliphatic heterocycles. The molecule has 0 spiro atoms. The Bertz CT molecular complexity index is 399. The number of carbonyl (C=O) groups excluding carboxylic acids is 1. The van der Waals surface area contributed by atoms with Crippen LogP contribution in [0.5, 0.6) is 0 Å². The number of amides is 1. The molecule has 4 N–H and O–H groups in total. The van der Waals surface area contributed by atoms with Crippen LogP contribution >= 0.6 is 0 Å². The first kappa shape index (κ1) is 10.8. The molecule has 16 heavy (non-hydrogen) atoms. The summed E-state index contributed by atoms with van der Waals surface area (Å²) in [7, 11) is 1.61. The molecular formula is C12H17N3O. The molecule has 4 heteroatoms. The highest BCUT2D eigenvalue weighted by atomic mass is 16.1. The first-order valence-corrected chi connectivity index (χ1v) is 5.59. The van der Waals surface area contributed by atoms with Gasteiger partial charge in [-0.15, -0.1) is 0 Å². The Balaban J connectivity index is 2.12. The maximum absolute atomic E-state index is 11.4. The van der Waals surface area contributed by atoms with E-state index in [1.54, 1.807) is 19.2 Å². The van der Waals surface area contributed by atoms with E-state index in [1.165, 1.54) is 19.3 Å². The standard InChI is InChI=1S/C12H17N3O/c1-14-12(16)8-5-6-11(10(13)7-8)15-9-3-2-4-9/h5-7,9,15H,2-4,13H2,1H3,(H,14,16). The summed E-state index contributed by atoms with van der Waals surface area (Å²) in [4.78, 5) is 11.4. The minimum atomic E-state index is -0.109. The van der Waals surface area contributed by atoms with Crippen molar-refractivity contribution in [2.24, 2.45) is 0 Å². The SMILES string of the molecule is CNC(=O)c1ccc(NC2CCC2)c(N)c1. The highest BCUT2D eigenvalue weighted by Crippen LogP contribution is 2.27. The van der Waals surface area contributed by atoms with Crippen molar-refractivity contribution in [2.45, 2.75) is 25.3 Å². The second-order valence-electron chi connectivity index (χ2n) is 4.15. The Morgan fingerprint density at radius 1 is 1.44 bits per heavy atom. The second kappa shape index (κ2) is 4.43. The molecule has 86 valence electrons. The number of hydrogen-bond donors (Lipinski definition) is 3. The zero-order chi connectivity index (χ0) is 11.5. The van der Waals surface area contributed by atoms with E-state index in [0.717, 1.165) is 5.69 Å². The van der Waals surface area contributed by atoms with Crippen LogP contribution in [0.3, 0.4) is 0 Å². The Kier molecular flexibility index (Phi) is 2.99. The summed E-state index contributed by atoms with van der Waals surface area (Å²) in [5.74, 6) is -0.109. The zero-order valence-corrected chi connectivity index (χ0v) is 9.42. The molecule has 1 aromatic carbocycles. The number of anilines is 2. The van der Waals surface area contributed by atoms with Gasteiger partial charge in [0.15, 0.2) is 0 Å². The Labute approximate surface area is 95.2 Å². The fourth-order valence-corrected chi connectivity index (χ4v) is 1.75. The van der Waals surface area contributed by atoms with Crippen molar-refractivity contribution >= 4 is 17.3 Å². The van der Waals surface area contributed by atoms with Crippen LogP contribution in [0, 0.1) is 0 Å². The molecule has 0 bridgehead atoms. The zero-order valence-electron chi connectivity index (χ0n) is 9.42. The van der Waals surface area contributed by atoms with E-state index >= 15 is 0 Å². The van der Waals surface area contributed by atoms with Gasteiger partial charge in [-0.2, -0.15) is 0 Å². The largest absolute Gasteiger partial charge is 0.397 e. The molecule has 1 aromatic rings. The monoisotopic (exact) mass is 219 g/mol. The van der Waals surface area contributed by atoms with Gasteiger partial charge in [0.25, 0.3) is 5.91 Å². The molecule has 1 saturated carbocycles. The van der Waals surface area contributed by atoms with Gasteiger partial charge in [0, 0.05) is 18.7 Å². The van der Waals surface area contributed by atoms with Crippen LogP contribution in [0.15, 0.2) is 18.2 Å². The van der Waals surface area contributed by atoms with Gasteiger partial charge in [-0.1, -0.05) is 0 Å². The van der Waals surface area contributed by atoms with E-state index in [9.17, 15) is 4.79 Å². The highest BCUT2D eigenvalue weighted by molar-refractivity contribution is 5.95. The van der Waals surface area contributed by atoms with Gasteiger partial charge in [-0.05, 0) is 37.5 Å². The van der Waals surface area contributed by atoms with Crippen LogP contribution in [0.2, 0.25) is 0 Å². The molecule has 0 heterocycles. The van der Waals surface area contributed by atoms with Gasteiger partial charge in [0.2, 0.25) is 0 Å². The summed E-state index contributed by atoms with van der Waals surface area (Å²) < 4.78 is 0. The maximum Gasteiger partial charge on any atom is 0.251 e. The topological polar surface area (TPSA) is 67.2 Å². The smallest absolute Gasteiger partial charge is 0.251 e. The summed E-state index contributed by atoms with van der Waals surface area (Å²) in [5.41, 5.74) is 8.06. The van der Waals surface area contributed by atoms with Crippen LogP contribution in [0.25, 0.3) is 0 Å². The van der Waals surface area contributed by atoms with E-state index in [-0.39, 0.29) is 5.91 Å². The molecule has 2 rings (SSSR count). The number of nitrogens with one attached hydrogen (secondary N) is 2. The molecular weight excluding hydrogens is 202 g/mol. The maximum atomic E-state index is 11.4. The van der Waals surface area contributed by atoms with Gasteiger partial charge < -0.3 is 16.4 Å². The fourth-order valence-electron chi connectivity index (χ4n) is 1.75. The molecule has 1 fully saturated rings. The number of benzene rings is 1. The third-order valence-corrected chi connectivity index (χ3v) is 3.01. The van der Waals surface area contributed by atoms with Gasteiger partial charge in [-0.3, -0.25) is 4.79 Å². The Morgan fingerprint density at radius 2 is 2.19 bits per heavy atom. The summed E-state index contributed by atoms with van der Waals surface area (Å²) in [5, 5.41) is 5.95. The molecule has 0 unspecified atom stereocenters. The van der Waals surface area contributed by atoms with Crippen molar-refractivity contribution in [2.75, 3.05) is 18.1 Å². The summed E-state index contributed by atoms with van der Waals surface area (Å²) in [6.07, 6.45) is 3.70. The average molecular weight is 219 g/mol. The summed E-state index contributed by atoms with van der Waals surface area (Å²) in [6.45, 7) is 0. The van der Waals surface area contributed by atoms with Crippen LogP contribution in [0.4, 0.5) is 11.4 Å². The van der Waals surface area contributed by atoms with Crippen molar-refractivity contribution in [3.8, 4) is 0 Å². The third kappa shape index (κ3) is 2.10. The van der Waals surface area contributed by atoms with Gasteiger partial charge in [0.05, 0.1) is 11.4 Å². The van der Waals surface area contributed by atoms with Gasteiger partial charge >= 0.3 is 0 Å². The lowest BCUT2D eigenvalue weighted by Gasteiger charge is -2.28. The van der Waals surface area contributed by atoms with E-state index in [1.807, 2.05) is 6.07 Å². The number of rotatable bonds is 3. The van der Waals surface area contributed by atoms with Gasteiger partial charge in [-0.25, -0.2) is 0 Å². The third-order valence-electron chi connectivity index (χ3n) is 3.01. The van der Waals surface area contributed by atoms with Crippen LogP contribution < -0.4 is 16.4 Å². The van der Waals surface area contributed by atoms with Crippen molar-refractivity contribution in [1.82, 2.24) is 5.32 Å². The Hall–Kier alpha value is -1.71. The molecule has 0 atom stereocenters. The normalized spacial score (nSPS) is 15.3. The second-order valence-corrected chi connectivity index (χ2v) is 4.15. The van der Waals surface area contributed by atoms with E-state index in [2.05, 4.69) is 10.6 Å². The Morgan fingerprint density at radius 3 is 2.69 bits per heavy atom. The molecule has 4 nitrogen and oxygen atoms in total. The first-order valence-electron chi connectivity index (χ1n) is 5.59. The molecule has 0 aromatic heterocycles. The van der Waals surface area contributed by atoms with E-state index in [4.69, 9.17) is 5.73 Å². The lowest BCUT2D eigenvalue weighted by atomic mass is 9.93. The average Bonchev–Trinajstić information content (AvgIpc) is 2.23. The first-order chi connectivity index (χ1) is 7.70. The number of nitrogens with two attached hydrogens (primary N) is 1. The van der Waals surface area contributed by atoms with Crippen LogP contribution in [-0.2, 0) is 0 Å². The fraction of sp³-hybridized carbons (Fsp3) is 0.417. The predicted molar refractivity (Wildman–Crippen MR) is 65.5 cm³/mol. The minimum absolute atomic E-state index is 0.109. The number of carbonyl (C=O) groups is 1. The number of nitrogen functional groups attached to an aromatic ring is 1. The number of hydrogen-bond acceptors (Lipinski definition) is 3. The molecule has 1 aliphatic carbocycles. The quantitative estimate of drug-likeness (QED) is 0.676. The van der Waals surface area contributed by atoms with Gasteiger partial charge in [0.1, 0.15) is 0 Å². The lowest BCUT2D eigenvalue weighted by molar-refractivity contribution is 0.0963. The lowest BCUT2D eigenvalue weighted by Crippen LogP contribution is -2.27. The summed E-state index contributed by atoms with van der Waals surface area (Å²) >= 11 is 0. The molecule has 1 aliphatic rings. The van der Waals surface area contributed by atoms with Crippen LogP contribution in [0.1, 0.15) is 29.6 Å². The van der Waals surface area contributed by atoms with E-state index < -0.39 is 0 Å². The van der Waals surface area contributed by atoms with E-state index in [0.29, 0.717) is 17.3 Å². The van der Waals surface area contributed by atoms with Crippen molar-refractivity contribution in [3.63, 3.8) is 0 Å². The predicted octanol–water partition coefficient (Wildman–Crippen LogP) is 1.59. The van der Waals surface area contributed by atoms with Crippen LogP contribution in [-0.4, -0.2) is 19.0 Å². The van der Waals surface area contributed by atoms with Crippen molar-refractivity contribution in [1.29, 1.82) is 0 Å². The summed E-state index contributed by atoms with van der Waals surface area (Å²) in [6, 6.07) is 5.92. The minimum Gasteiger partial charge on any atom is -0.397 e. The molecule has 0 radical (unpaired) electrons. The van der Waals surface area contributed by atoms with Crippen molar-refractivity contribution < 1.29 is 4.79 Å². The highest BCUT2D eigenvalue weighted by Gasteiger charge is 2.17. The van der Waals surface area contributed by atoms with Crippen molar-refractivity contribution in [3.05, 3.63) is 23.8 Å². The molecule has 1 amide bonds. The molecule has 0 saturated heterocycles.